The minimum absolute atomic E-state index is 0.0235. The summed E-state index contributed by atoms with van der Waals surface area (Å²) in [5, 5.41) is 0. The molecule has 4 nitrogen and oxygen atoms in total. The third kappa shape index (κ3) is 4.01. The van der Waals surface area contributed by atoms with Gasteiger partial charge in [-0.2, -0.15) is 0 Å². The van der Waals surface area contributed by atoms with Gasteiger partial charge < -0.3 is 14.4 Å². The summed E-state index contributed by atoms with van der Waals surface area (Å²) in [4.78, 5) is 14.2. The molecule has 2 fully saturated rings. The first-order valence-corrected chi connectivity index (χ1v) is 9.35. The van der Waals surface area contributed by atoms with E-state index in [0.717, 1.165) is 44.0 Å². The maximum Gasteiger partial charge on any atom is 0.260 e. The van der Waals surface area contributed by atoms with Crippen molar-refractivity contribution in [3.63, 3.8) is 0 Å². The summed E-state index contributed by atoms with van der Waals surface area (Å²) in [5.41, 5.74) is 1.28. The fraction of sp³-hybridized carbons (Fsp3) is 0.611. The number of carbonyl (C=O) groups is 1. The highest BCUT2D eigenvalue weighted by Crippen LogP contribution is 2.41. The van der Waals surface area contributed by atoms with Crippen molar-refractivity contribution in [1.82, 2.24) is 4.90 Å². The lowest BCUT2D eigenvalue weighted by atomic mass is 10.0. The molecule has 1 amide bonds. The summed E-state index contributed by atoms with van der Waals surface area (Å²) >= 11 is 1.90. The van der Waals surface area contributed by atoms with Crippen LogP contribution < -0.4 is 4.74 Å². The molecule has 0 N–H and O–H groups in total. The van der Waals surface area contributed by atoms with Crippen molar-refractivity contribution in [2.24, 2.45) is 0 Å². The molecule has 23 heavy (non-hydrogen) atoms. The van der Waals surface area contributed by atoms with Gasteiger partial charge in [0, 0.05) is 31.7 Å². The van der Waals surface area contributed by atoms with Gasteiger partial charge in [0.1, 0.15) is 10.7 Å². The molecule has 2 aliphatic rings. The Morgan fingerprint density at radius 3 is 2.57 bits per heavy atom. The van der Waals surface area contributed by atoms with Crippen molar-refractivity contribution in [3.8, 4) is 5.75 Å². The Morgan fingerprint density at radius 1 is 1.30 bits per heavy atom. The Bertz CT molecular complexity index is 528. The number of hydrogen-bond acceptors (Lipinski definition) is 4. The molecule has 1 aromatic carbocycles. The molecule has 126 valence electrons. The fourth-order valence-corrected chi connectivity index (χ4v) is 4.24. The smallest absolute Gasteiger partial charge is 0.260 e. The monoisotopic (exact) mass is 335 g/mol. The fourth-order valence-electron chi connectivity index (χ4n) is 3.07. The topological polar surface area (TPSA) is 38.8 Å². The minimum atomic E-state index is -0.0235. The molecule has 1 aromatic rings. The number of likely N-dealkylation sites (tertiary alicyclic amines) is 1. The van der Waals surface area contributed by atoms with Crippen LogP contribution in [0.2, 0.25) is 0 Å². The Hall–Kier alpha value is -1.20. The Morgan fingerprint density at radius 2 is 2.00 bits per heavy atom. The van der Waals surface area contributed by atoms with E-state index < -0.39 is 0 Å². The number of piperidine rings is 1. The van der Waals surface area contributed by atoms with Crippen LogP contribution in [0, 0.1) is 0 Å². The van der Waals surface area contributed by atoms with E-state index in [-0.39, 0.29) is 17.4 Å². The average Bonchev–Trinajstić information content (AvgIpc) is 3.02. The zero-order valence-electron chi connectivity index (χ0n) is 13.9. The molecule has 2 aliphatic heterocycles. The van der Waals surface area contributed by atoms with Crippen molar-refractivity contribution < 1.29 is 14.3 Å². The van der Waals surface area contributed by atoms with Crippen molar-refractivity contribution in [1.29, 1.82) is 0 Å². The summed E-state index contributed by atoms with van der Waals surface area (Å²) in [5.74, 6) is 2.40. The zero-order valence-corrected chi connectivity index (χ0v) is 14.7. The lowest BCUT2D eigenvalue weighted by molar-refractivity contribution is -0.136. The highest BCUT2D eigenvalue weighted by molar-refractivity contribution is 8.00. The lowest BCUT2D eigenvalue weighted by Gasteiger charge is -2.37. The second-order valence-corrected chi connectivity index (χ2v) is 7.94. The number of amides is 1. The lowest BCUT2D eigenvalue weighted by Crippen LogP contribution is -2.46. The van der Waals surface area contributed by atoms with Crippen LogP contribution in [0.1, 0.15) is 38.2 Å². The molecule has 2 heterocycles. The van der Waals surface area contributed by atoms with Gasteiger partial charge >= 0.3 is 0 Å². The quantitative estimate of drug-likeness (QED) is 0.846. The molecule has 0 radical (unpaired) electrons. The molecule has 0 aromatic heterocycles. The van der Waals surface area contributed by atoms with Crippen molar-refractivity contribution in [2.45, 2.75) is 37.5 Å². The van der Waals surface area contributed by atoms with Gasteiger partial charge in [-0.25, -0.2) is 0 Å². The third-order valence-electron chi connectivity index (χ3n) is 4.60. The van der Waals surface area contributed by atoms with Gasteiger partial charge in [-0.1, -0.05) is 26.0 Å². The molecule has 0 aliphatic carbocycles. The molecule has 5 heteroatoms. The van der Waals surface area contributed by atoms with Crippen molar-refractivity contribution >= 4 is 17.7 Å². The normalized spacial score (nSPS) is 20.2. The second-order valence-electron chi connectivity index (χ2n) is 6.50. The van der Waals surface area contributed by atoms with Gasteiger partial charge in [-0.3, -0.25) is 4.79 Å². The van der Waals surface area contributed by atoms with Gasteiger partial charge in [0.25, 0.3) is 5.91 Å². The van der Waals surface area contributed by atoms with Gasteiger partial charge in [-0.15, -0.1) is 11.8 Å². The Kier molecular flexibility index (Phi) is 5.17. The number of ether oxygens (including phenoxy) is 2. The van der Waals surface area contributed by atoms with Crippen molar-refractivity contribution in [3.05, 3.63) is 29.8 Å². The van der Waals surface area contributed by atoms with Crippen LogP contribution in [-0.2, 0) is 9.53 Å². The third-order valence-corrected chi connectivity index (χ3v) is 6.02. The van der Waals surface area contributed by atoms with E-state index >= 15 is 0 Å². The number of thioether (sulfide) groups is 1. The number of carbonyl (C=O) groups excluding carboxylic acids is 1. The molecule has 2 saturated heterocycles. The van der Waals surface area contributed by atoms with Crippen molar-refractivity contribution in [2.75, 3.05) is 32.1 Å². The predicted molar refractivity (Wildman–Crippen MR) is 93.0 cm³/mol. The maximum atomic E-state index is 12.3. The van der Waals surface area contributed by atoms with Crippen LogP contribution in [0.3, 0.4) is 0 Å². The highest BCUT2D eigenvalue weighted by atomic mass is 32.2. The molecule has 3 rings (SSSR count). The summed E-state index contributed by atoms with van der Waals surface area (Å²) in [6.45, 7) is 6.81. The SMILES string of the molecule is CC(C)c1ccc(OCC(=O)N2CCC3(CC2)OCCS3)cc1. The number of nitrogens with zero attached hydrogens (tertiary/aromatic N) is 1. The van der Waals surface area contributed by atoms with E-state index in [0.29, 0.717) is 5.92 Å². The maximum absolute atomic E-state index is 12.3. The summed E-state index contributed by atoms with van der Waals surface area (Å²) < 4.78 is 11.5. The van der Waals surface area contributed by atoms with Crippen LogP contribution in [0.15, 0.2) is 24.3 Å². The van der Waals surface area contributed by atoms with Crippen LogP contribution in [0.25, 0.3) is 0 Å². The van der Waals surface area contributed by atoms with Gasteiger partial charge in [0.05, 0.1) is 6.61 Å². The summed E-state index contributed by atoms with van der Waals surface area (Å²) in [7, 11) is 0. The number of rotatable bonds is 4. The Labute approximate surface area is 142 Å². The Balaban J connectivity index is 1.46. The van der Waals surface area contributed by atoms with E-state index in [4.69, 9.17) is 9.47 Å². The minimum Gasteiger partial charge on any atom is -0.484 e. The molecule has 0 unspecified atom stereocenters. The molecule has 1 spiro atoms. The first-order valence-electron chi connectivity index (χ1n) is 8.36. The molecule has 0 saturated carbocycles. The molecule has 0 atom stereocenters. The van der Waals surface area contributed by atoms with Crippen LogP contribution in [-0.4, -0.2) is 47.8 Å². The van der Waals surface area contributed by atoms with E-state index in [1.807, 2.05) is 28.8 Å². The van der Waals surface area contributed by atoms with Gasteiger partial charge in [0.2, 0.25) is 0 Å². The van der Waals surface area contributed by atoms with E-state index in [9.17, 15) is 4.79 Å². The van der Waals surface area contributed by atoms with E-state index in [1.54, 1.807) is 0 Å². The van der Waals surface area contributed by atoms with Gasteiger partial charge in [0.15, 0.2) is 6.61 Å². The largest absolute Gasteiger partial charge is 0.484 e. The van der Waals surface area contributed by atoms with Crippen LogP contribution in [0.4, 0.5) is 0 Å². The first-order chi connectivity index (χ1) is 11.1. The molecular formula is C18H25NO3S. The standard InChI is InChI=1S/C18H25NO3S/c1-14(2)15-3-5-16(6-4-15)21-13-17(20)19-9-7-18(8-10-19)22-11-12-23-18/h3-6,14H,7-13H2,1-2H3. The van der Waals surface area contributed by atoms with E-state index in [2.05, 4.69) is 26.0 Å². The molecule has 0 bridgehead atoms. The second kappa shape index (κ2) is 7.14. The highest BCUT2D eigenvalue weighted by Gasteiger charge is 2.40. The molecular weight excluding hydrogens is 310 g/mol. The van der Waals surface area contributed by atoms with E-state index in [1.165, 1.54) is 5.56 Å². The summed E-state index contributed by atoms with van der Waals surface area (Å²) in [6, 6.07) is 8.00. The summed E-state index contributed by atoms with van der Waals surface area (Å²) in [6.07, 6.45) is 1.85. The number of benzene rings is 1. The van der Waals surface area contributed by atoms with Crippen LogP contribution >= 0.6 is 11.8 Å². The van der Waals surface area contributed by atoms with Crippen LogP contribution in [0.5, 0.6) is 5.75 Å². The predicted octanol–water partition coefficient (Wildman–Crippen LogP) is 3.27. The number of hydrogen-bond donors (Lipinski definition) is 0. The zero-order chi connectivity index (χ0) is 16.3. The first kappa shape index (κ1) is 16.7. The average molecular weight is 335 g/mol. The van der Waals surface area contributed by atoms with Gasteiger partial charge in [-0.05, 0) is 23.6 Å².